The molecule has 3 aromatic rings. The van der Waals surface area contributed by atoms with E-state index in [2.05, 4.69) is 15.6 Å². The van der Waals surface area contributed by atoms with Crippen LogP contribution >= 0.6 is 24.0 Å². The largest absolute Gasteiger partial charge is 0.497 e. The zero-order valence-corrected chi connectivity index (χ0v) is 21.3. The Morgan fingerprint density at radius 3 is 2.50 bits per heavy atom. The summed E-state index contributed by atoms with van der Waals surface area (Å²) in [6, 6.07) is 13.5. The molecule has 0 fully saturated rings. The molecule has 1 aromatic carbocycles. The van der Waals surface area contributed by atoms with Crippen molar-refractivity contribution in [2.75, 3.05) is 20.2 Å². The van der Waals surface area contributed by atoms with Crippen LogP contribution in [0.1, 0.15) is 35.3 Å². The van der Waals surface area contributed by atoms with Gasteiger partial charge in [0.25, 0.3) is 0 Å². The van der Waals surface area contributed by atoms with Gasteiger partial charge < -0.3 is 29.3 Å². The number of nitrogens with one attached hydrogen (secondary N) is 2. The fraction of sp³-hybridized carbons (Fsp3) is 0.375. The van der Waals surface area contributed by atoms with Crippen LogP contribution in [0.2, 0.25) is 0 Å². The number of guanidine groups is 1. The molecule has 2 heterocycles. The number of aryl methyl sites for hydroxylation is 2. The third-order valence-electron chi connectivity index (χ3n) is 5.04. The molecule has 0 bridgehead atoms. The Labute approximate surface area is 206 Å². The van der Waals surface area contributed by atoms with Gasteiger partial charge in [0.15, 0.2) is 5.96 Å². The molecule has 1 atom stereocenters. The Kier molecular flexibility index (Phi) is 9.64. The van der Waals surface area contributed by atoms with Crippen molar-refractivity contribution in [3.05, 3.63) is 77.1 Å². The molecular weight excluding hydrogens is 521 g/mol. The van der Waals surface area contributed by atoms with Gasteiger partial charge in [-0.15, -0.1) is 24.0 Å². The lowest BCUT2D eigenvalue weighted by Crippen LogP contribution is -2.45. The van der Waals surface area contributed by atoms with Gasteiger partial charge in [0.05, 0.1) is 26.5 Å². The van der Waals surface area contributed by atoms with E-state index in [0.717, 1.165) is 34.8 Å². The molecule has 1 unspecified atom stereocenters. The van der Waals surface area contributed by atoms with E-state index < -0.39 is 5.60 Å². The van der Waals surface area contributed by atoms with Gasteiger partial charge in [-0.25, -0.2) is 4.99 Å². The van der Waals surface area contributed by atoms with Crippen LogP contribution in [0.25, 0.3) is 0 Å². The zero-order valence-electron chi connectivity index (χ0n) is 19.0. The molecular formula is C24H32IN3O4. The molecule has 0 saturated heterocycles. The molecule has 7 nitrogen and oxygen atoms in total. The number of aliphatic hydroxyl groups is 1. The summed E-state index contributed by atoms with van der Waals surface area (Å²) in [5, 5.41) is 17.6. The van der Waals surface area contributed by atoms with Gasteiger partial charge in [0, 0.05) is 18.5 Å². The van der Waals surface area contributed by atoms with Crippen molar-refractivity contribution in [2.45, 2.75) is 39.3 Å². The minimum atomic E-state index is -1.11. The van der Waals surface area contributed by atoms with Crippen molar-refractivity contribution < 1.29 is 18.7 Å². The number of methoxy groups -OCH3 is 1. The summed E-state index contributed by atoms with van der Waals surface area (Å²) in [5.41, 5.74) is 0.717. The van der Waals surface area contributed by atoms with Crippen molar-refractivity contribution in [3.63, 3.8) is 0 Å². The van der Waals surface area contributed by atoms with E-state index in [4.69, 9.17) is 13.6 Å². The third kappa shape index (κ3) is 7.30. The molecule has 0 aliphatic rings. The fourth-order valence-corrected chi connectivity index (χ4v) is 3.35. The highest BCUT2D eigenvalue weighted by molar-refractivity contribution is 14.0. The van der Waals surface area contributed by atoms with Crippen LogP contribution < -0.4 is 15.4 Å². The molecule has 3 N–H and O–H groups in total. The van der Waals surface area contributed by atoms with Gasteiger partial charge in [0.2, 0.25) is 0 Å². The maximum Gasteiger partial charge on any atom is 0.191 e. The lowest BCUT2D eigenvalue weighted by atomic mass is 9.96. The van der Waals surface area contributed by atoms with Gasteiger partial charge in [-0.1, -0.05) is 12.1 Å². The molecule has 0 saturated carbocycles. The van der Waals surface area contributed by atoms with E-state index in [0.29, 0.717) is 24.8 Å². The highest BCUT2D eigenvalue weighted by Crippen LogP contribution is 2.26. The standard InChI is InChI=1S/C24H31N3O4.HI/c1-17-14-22(18(2)31-17)24(3,28)16-27-23(25-12-11-21-6-5-13-30-21)26-15-19-7-9-20(29-4)10-8-19;/h5-10,13-14,28H,11-12,15-16H2,1-4H3,(H2,25,26,27);1H. The highest BCUT2D eigenvalue weighted by atomic mass is 127. The number of hydrogen-bond donors (Lipinski definition) is 3. The second-order valence-electron chi connectivity index (χ2n) is 7.72. The smallest absolute Gasteiger partial charge is 0.191 e. The van der Waals surface area contributed by atoms with Crippen LogP contribution in [0, 0.1) is 13.8 Å². The van der Waals surface area contributed by atoms with Crippen molar-refractivity contribution in [2.24, 2.45) is 4.99 Å². The minimum absolute atomic E-state index is 0. The van der Waals surface area contributed by atoms with Crippen molar-refractivity contribution in [1.82, 2.24) is 10.6 Å². The Morgan fingerprint density at radius 2 is 1.91 bits per heavy atom. The predicted octanol–water partition coefficient (Wildman–Crippen LogP) is 4.30. The van der Waals surface area contributed by atoms with Gasteiger partial charge >= 0.3 is 0 Å². The van der Waals surface area contributed by atoms with E-state index >= 15 is 0 Å². The maximum absolute atomic E-state index is 11.0. The Morgan fingerprint density at radius 1 is 1.16 bits per heavy atom. The minimum Gasteiger partial charge on any atom is -0.497 e. The van der Waals surface area contributed by atoms with Crippen LogP contribution in [0.4, 0.5) is 0 Å². The lowest BCUT2D eigenvalue weighted by molar-refractivity contribution is 0.0601. The van der Waals surface area contributed by atoms with Crippen LogP contribution in [0.5, 0.6) is 5.75 Å². The molecule has 0 aliphatic heterocycles. The predicted molar refractivity (Wildman–Crippen MR) is 136 cm³/mol. The monoisotopic (exact) mass is 553 g/mol. The van der Waals surface area contributed by atoms with E-state index in [9.17, 15) is 5.11 Å². The first-order valence-electron chi connectivity index (χ1n) is 10.3. The van der Waals surface area contributed by atoms with Gasteiger partial charge in [-0.2, -0.15) is 0 Å². The number of ether oxygens (including phenoxy) is 1. The summed E-state index contributed by atoms with van der Waals surface area (Å²) in [7, 11) is 1.65. The van der Waals surface area contributed by atoms with Crippen LogP contribution in [0.15, 0.2) is 62.6 Å². The van der Waals surface area contributed by atoms with Gasteiger partial charge in [-0.05, 0) is 56.7 Å². The summed E-state index contributed by atoms with van der Waals surface area (Å²) >= 11 is 0. The van der Waals surface area contributed by atoms with Gasteiger partial charge in [0.1, 0.15) is 28.6 Å². The SMILES string of the molecule is COc1ccc(CN=C(NCCc2ccco2)NCC(C)(O)c2cc(C)oc2C)cc1.I. The average Bonchev–Trinajstić information content (AvgIpc) is 3.39. The van der Waals surface area contributed by atoms with Crippen LogP contribution in [-0.2, 0) is 18.6 Å². The lowest BCUT2D eigenvalue weighted by Gasteiger charge is -2.24. The second kappa shape index (κ2) is 12.0. The third-order valence-corrected chi connectivity index (χ3v) is 5.04. The summed E-state index contributed by atoms with van der Waals surface area (Å²) in [6.45, 7) is 6.91. The van der Waals surface area contributed by atoms with Gasteiger partial charge in [-0.3, -0.25) is 0 Å². The Balaban J connectivity index is 0.00000363. The second-order valence-corrected chi connectivity index (χ2v) is 7.72. The van der Waals surface area contributed by atoms with Crippen LogP contribution in [-0.4, -0.2) is 31.3 Å². The highest BCUT2D eigenvalue weighted by Gasteiger charge is 2.27. The first kappa shape index (κ1) is 25.8. The van der Waals surface area contributed by atoms with E-state index in [-0.39, 0.29) is 30.5 Å². The first-order valence-corrected chi connectivity index (χ1v) is 10.3. The number of halogens is 1. The first-order chi connectivity index (χ1) is 14.9. The molecule has 0 amide bonds. The molecule has 0 spiro atoms. The number of aliphatic imine (C=N–C) groups is 1. The topological polar surface area (TPSA) is 92.2 Å². The molecule has 3 rings (SSSR count). The molecule has 8 heteroatoms. The Hall–Kier alpha value is -2.46. The average molecular weight is 553 g/mol. The van der Waals surface area contributed by atoms with Crippen molar-refractivity contribution >= 4 is 29.9 Å². The number of benzene rings is 1. The number of rotatable bonds is 9. The molecule has 0 radical (unpaired) electrons. The maximum atomic E-state index is 11.0. The van der Waals surface area contributed by atoms with E-state index in [1.807, 2.05) is 56.3 Å². The summed E-state index contributed by atoms with van der Waals surface area (Å²) in [4.78, 5) is 4.68. The van der Waals surface area contributed by atoms with E-state index in [1.165, 1.54) is 0 Å². The number of hydrogen-bond acceptors (Lipinski definition) is 5. The summed E-state index contributed by atoms with van der Waals surface area (Å²) in [6.07, 6.45) is 2.39. The molecule has 174 valence electrons. The van der Waals surface area contributed by atoms with Crippen LogP contribution in [0.3, 0.4) is 0 Å². The zero-order chi connectivity index (χ0) is 22.3. The summed E-state index contributed by atoms with van der Waals surface area (Å²) < 4.78 is 16.2. The number of furan rings is 2. The quantitative estimate of drug-likeness (QED) is 0.208. The number of nitrogens with zero attached hydrogens (tertiary/aromatic N) is 1. The normalized spacial score (nSPS) is 13.2. The Bertz CT molecular complexity index is 979. The van der Waals surface area contributed by atoms with Crippen molar-refractivity contribution in [1.29, 1.82) is 0 Å². The van der Waals surface area contributed by atoms with Crippen molar-refractivity contribution in [3.8, 4) is 5.75 Å². The molecule has 2 aromatic heterocycles. The molecule has 32 heavy (non-hydrogen) atoms. The molecule has 0 aliphatic carbocycles. The fourth-order valence-electron chi connectivity index (χ4n) is 3.35. The summed E-state index contributed by atoms with van der Waals surface area (Å²) in [5.74, 6) is 3.81. The van der Waals surface area contributed by atoms with E-state index in [1.54, 1.807) is 20.3 Å².